The molecule has 1 saturated heterocycles. The van der Waals surface area contributed by atoms with Gasteiger partial charge in [-0.05, 0) is 20.3 Å². The highest BCUT2D eigenvalue weighted by Crippen LogP contribution is 2.09. The smallest absolute Gasteiger partial charge is 0.219 e. The second-order valence-electron chi connectivity index (χ2n) is 4.95. The number of carbonyl (C=O) groups is 1. The Labute approximate surface area is 91.9 Å². The molecular weight excluding hydrogens is 192 g/mol. The van der Waals surface area contributed by atoms with E-state index in [1.54, 1.807) is 6.92 Å². The minimum atomic E-state index is -0.647. The average molecular weight is 214 g/mol. The van der Waals surface area contributed by atoms with Crippen LogP contribution in [0.2, 0.25) is 0 Å². The molecule has 1 fully saturated rings. The van der Waals surface area contributed by atoms with E-state index < -0.39 is 5.60 Å². The first-order valence-corrected chi connectivity index (χ1v) is 5.59. The number of hydrogen-bond donors (Lipinski definition) is 1. The predicted molar refractivity (Wildman–Crippen MR) is 59.6 cm³/mol. The van der Waals surface area contributed by atoms with E-state index in [0.717, 1.165) is 32.6 Å². The molecule has 4 heteroatoms. The van der Waals surface area contributed by atoms with Gasteiger partial charge in [-0.25, -0.2) is 0 Å². The standard InChI is InChI=1S/C11H22N2O2/c1-10(14)13-6-4-5-12(7-8-13)9-11(2,3)15/h15H,4-9H2,1-3H3. The summed E-state index contributed by atoms with van der Waals surface area (Å²) in [5, 5.41) is 9.71. The quantitative estimate of drug-likeness (QED) is 0.719. The fraction of sp³-hybridized carbons (Fsp3) is 0.909. The highest BCUT2D eigenvalue weighted by atomic mass is 16.3. The highest BCUT2D eigenvalue weighted by Gasteiger charge is 2.21. The van der Waals surface area contributed by atoms with Gasteiger partial charge < -0.3 is 10.0 Å². The number of nitrogens with zero attached hydrogens (tertiary/aromatic N) is 2. The van der Waals surface area contributed by atoms with Crippen molar-refractivity contribution in [2.75, 3.05) is 32.7 Å². The number of carbonyl (C=O) groups excluding carboxylic acids is 1. The van der Waals surface area contributed by atoms with Crippen LogP contribution in [-0.4, -0.2) is 59.1 Å². The second-order valence-corrected chi connectivity index (χ2v) is 4.95. The first kappa shape index (κ1) is 12.5. The van der Waals surface area contributed by atoms with Gasteiger partial charge in [-0.15, -0.1) is 0 Å². The molecule has 0 spiro atoms. The van der Waals surface area contributed by atoms with E-state index in [-0.39, 0.29) is 5.91 Å². The molecule has 15 heavy (non-hydrogen) atoms. The molecule has 1 aliphatic rings. The van der Waals surface area contributed by atoms with Gasteiger partial charge in [-0.2, -0.15) is 0 Å². The van der Waals surface area contributed by atoms with Crippen LogP contribution in [0.5, 0.6) is 0 Å². The molecule has 1 N–H and O–H groups in total. The van der Waals surface area contributed by atoms with Gasteiger partial charge in [-0.3, -0.25) is 9.69 Å². The Balaban J connectivity index is 2.42. The third kappa shape index (κ3) is 4.62. The monoisotopic (exact) mass is 214 g/mol. The van der Waals surface area contributed by atoms with Gasteiger partial charge in [0.25, 0.3) is 0 Å². The summed E-state index contributed by atoms with van der Waals surface area (Å²) in [6, 6.07) is 0. The van der Waals surface area contributed by atoms with Crippen LogP contribution in [0.25, 0.3) is 0 Å². The third-order valence-corrected chi connectivity index (χ3v) is 2.64. The zero-order valence-corrected chi connectivity index (χ0v) is 9.99. The molecule has 0 aromatic rings. The summed E-state index contributed by atoms with van der Waals surface area (Å²) in [5.41, 5.74) is -0.647. The topological polar surface area (TPSA) is 43.8 Å². The van der Waals surface area contributed by atoms with Crippen LogP contribution >= 0.6 is 0 Å². The lowest BCUT2D eigenvalue weighted by molar-refractivity contribution is -0.128. The number of rotatable bonds is 2. The lowest BCUT2D eigenvalue weighted by Crippen LogP contribution is -2.41. The minimum absolute atomic E-state index is 0.153. The van der Waals surface area contributed by atoms with E-state index in [0.29, 0.717) is 6.54 Å². The molecule has 0 aromatic carbocycles. The number of aliphatic hydroxyl groups is 1. The molecule has 1 aliphatic heterocycles. The van der Waals surface area contributed by atoms with Crippen LogP contribution in [0, 0.1) is 0 Å². The largest absolute Gasteiger partial charge is 0.389 e. The van der Waals surface area contributed by atoms with Crippen molar-refractivity contribution in [3.8, 4) is 0 Å². The lowest BCUT2D eigenvalue weighted by atomic mass is 10.1. The number of hydrogen-bond acceptors (Lipinski definition) is 3. The Bertz CT molecular complexity index is 223. The van der Waals surface area contributed by atoms with Crippen LogP contribution in [-0.2, 0) is 4.79 Å². The van der Waals surface area contributed by atoms with Crippen LogP contribution in [0.1, 0.15) is 27.2 Å². The van der Waals surface area contributed by atoms with E-state index in [4.69, 9.17) is 0 Å². The molecular formula is C11H22N2O2. The van der Waals surface area contributed by atoms with Crippen molar-refractivity contribution < 1.29 is 9.90 Å². The van der Waals surface area contributed by atoms with Crippen molar-refractivity contribution in [1.29, 1.82) is 0 Å². The molecule has 88 valence electrons. The predicted octanol–water partition coefficient (Wildman–Crippen LogP) is 0.311. The molecule has 0 unspecified atom stereocenters. The molecule has 0 aromatic heterocycles. The first-order chi connectivity index (χ1) is 6.88. The van der Waals surface area contributed by atoms with Gasteiger partial charge in [-0.1, -0.05) is 0 Å². The van der Waals surface area contributed by atoms with Gasteiger partial charge in [0, 0.05) is 39.6 Å². The fourth-order valence-corrected chi connectivity index (χ4v) is 1.99. The van der Waals surface area contributed by atoms with Crippen molar-refractivity contribution in [2.24, 2.45) is 0 Å². The van der Waals surface area contributed by atoms with Crippen molar-refractivity contribution in [3.05, 3.63) is 0 Å². The van der Waals surface area contributed by atoms with Crippen molar-refractivity contribution in [3.63, 3.8) is 0 Å². The molecule has 0 aliphatic carbocycles. The van der Waals surface area contributed by atoms with Gasteiger partial charge in [0.1, 0.15) is 0 Å². The van der Waals surface area contributed by atoms with Crippen molar-refractivity contribution >= 4 is 5.91 Å². The molecule has 1 heterocycles. The Hall–Kier alpha value is -0.610. The van der Waals surface area contributed by atoms with Gasteiger partial charge >= 0.3 is 0 Å². The maximum absolute atomic E-state index is 11.2. The fourth-order valence-electron chi connectivity index (χ4n) is 1.99. The Kier molecular flexibility index (Phi) is 4.11. The van der Waals surface area contributed by atoms with E-state index in [1.165, 1.54) is 0 Å². The molecule has 1 amide bonds. The first-order valence-electron chi connectivity index (χ1n) is 5.59. The Morgan fingerprint density at radius 3 is 2.47 bits per heavy atom. The zero-order chi connectivity index (χ0) is 11.5. The van der Waals surface area contributed by atoms with Gasteiger partial charge in [0.15, 0.2) is 0 Å². The lowest BCUT2D eigenvalue weighted by Gasteiger charge is -2.27. The molecule has 0 radical (unpaired) electrons. The van der Waals surface area contributed by atoms with E-state index in [1.807, 2.05) is 18.7 Å². The van der Waals surface area contributed by atoms with Gasteiger partial charge in [0.2, 0.25) is 5.91 Å². The normalized spacial score (nSPS) is 20.1. The van der Waals surface area contributed by atoms with Crippen LogP contribution in [0.15, 0.2) is 0 Å². The van der Waals surface area contributed by atoms with Crippen LogP contribution < -0.4 is 0 Å². The molecule has 1 rings (SSSR count). The molecule has 0 atom stereocenters. The summed E-state index contributed by atoms with van der Waals surface area (Å²) in [6.07, 6.45) is 0.996. The van der Waals surface area contributed by atoms with Gasteiger partial charge in [0.05, 0.1) is 5.60 Å². The summed E-state index contributed by atoms with van der Waals surface area (Å²) in [5.74, 6) is 0.153. The summed E-state index contributed by atoms with van der Waals surface area (Å²) in [4.78, 5) is 15.3. The van der Waals surface area contributed by atoms with E-state index >= 15 is 0 Å². The van der Waals surface area contributed by atoms with E-state index in [9.17, 15) is 9.90 Å². The number of β-amino-alcohol motifs (C(OH)–C–C–N with tert-alkyl or cyclic N) is 1. The highest BCUT2D eigenvalue weighted by molar-refractivity contribution is 5.73. The average Bonchev–Trinajstić information content (AvgIpc) is 2.26. The molecule has 0 saturated carbocycles. The number of amides is 1. The Morgan fingerprint density at radius 2 is 1.93 bits per heavy atom. The van der Waals surface area contributed by atoms with Crippen LogP contribution in [0.3, 0.4) is 0 Å². The zero-order valence-electron chi connectivity index (χ0n) is 9.99. The van der Waals surface area contributed by atoms with Crippen LogP contribution in [0.4, 0.5) is 0 Å². The minimum Gasteiger partial charge on any atom is -0.389 e. The third-order valence-electron chi connectivity index (χ3n) is 2.64. The summed E-state index contributed by atoms with van der Waals surface area (Å²) >= 11 is 0. The molecule has 4 nitrogen and oxygen atoms in total. The van der Waals surface area contributed by atoms with Crippen molar-refractivity contribution in [1.82, 2.24) is 9.80 Å². The summed E-state index contributed by atoms with van der Waals surface area (Å²) in [6.45, 7) is 9.39. The maximum Gasteiger partial charge on any atom is 0.219 e. The van der Waals surface area contributed by atoms with Crippen molar-refractivity contribution in [2.45, 2.75) is 32.8 Å². The Morgan fingerprint density at radius 1 is 1.27 bits per heavy atom. The van der Waals surface area contributed by atoms with E-state index in [2.05, 4.69) is 4.90 Å². The summed E-state index contributed by atoms with van der Waals surface area (Å²) < 4.78 is 0. The molecule has 0 bridgehead atoms. The second kappa shape index (κ2) is 4.94. The maximum atomic E-state index is 11.2. The SMILES string of the molecule is CC(=O)N1CCCN(CC(C)(C)O)CC1. The summed E-state index contributed by atoms with van der Waals surface area (Å²) in [7, 11) is 0.